The van der Waals surface area contributed by atoms with E-state index in [1.165, 1.54) is 6.42 Å². The Hall–Kier alpha value is -1.90. The molecule has 8 heteroatoms. The molecule has 5 unspecified atom stereocenters. The van der Waals surface area contributed by atoms with E-state index >= 15 is 0 Å². The van der Waals surface area contributed by atoms with Crippen LogP contribution in [-0.4, -0.2) is 56.8 Å². The third-order valence-corrected chi connectivity index (χ3v) is 8.15. The number of carbonyl (C=O) groups excluding carboxylic acids is 2. The van der Waals surface area contributed by atoms with Gasteiger partial charge in [0.25, 0.3) is 0 Å². The highest BCUT2D eigenvalue weighted by Gasteiger charge is 2.68. The molecule has 5 atom stereocenters. The topological polar surface area (TPSA) is 83.1 Å². The Bertz CT molecular complexity index is 920. The van der Waals surface area contributed by atoms with E-state index in [4.69, 9.17) is 18.8 Å². The van der Waals surface area contributed by atoms with Crippen LogP contribution in [-0.2, 0) is 25.3 Å². The minimum Gasteiger partial charge on any atom is -0.496 e. The van der Waals surface area contributed by atoms with Crippen LogP contribution in [0.15, 0.2) is 18.2 Å². The molecule has 1 aliphatic heterocycles. The van der Waals surface area contributed by atoms with Crippen LogP contribution in [0.3, 0.4) is 0 Å². The van der Waals surface area contributed by atoms with Gasteiger partial charge in [0, 0.05) is 5.94 Å². The van der Waals surface area contributed by atoms with E-state index in [0.29, 0.717) is 29.6 Å². The summed E-state index contributed by atoms with van der Waals surface area (Å²) in [5.74, 6) is 0.941. The third-order valence-electron chi connectivity index (χ3n) is 8.15. The van der Waals surface area contributed by atoms with Crippen molar-refractivity contribution in [1.29, 1.82) is 0 Å². The van der Waals surface area contributed by atoms with Crippen molar-refractivity contribution in [3.05, 3.63) is 29.3 Å². The first-order valence-electron chi connectivity index (χ1n) is 12.0. The van der Waals surface area contributed by atoms with Gasteiger partial charge in [-0.1, -0.05) is 26.0 Å². The lowest BCUT2D eigenvalue weighted by Crippen LogP contribution is -2.65. The summed E-state index contributed by atoms with van der Waals surface area (Å²) in [6, 6.07) is 5.44. The molecule has 4 aliphatic rings. The van der Waals surface area contributed by atoms with E-state index in [0.717, 1.165) is 12.0 Å². The molecule has 4 fully saturated rings. The SMILES string of the molecule is CCOC(=O)c1cccc(CC(NCC(C)=O)B2OC3CC4CC(C4(C)C)C3(C)O2)c1OC. The van der Waals surface area contributed by atoms with Crippen LogP contribution in [0.2, 0.25) is 0 Å². The summed E-state index contributed by atoms with van der Waals surface area (Å²) >= 11 is 0. The number of esters is 1. The molecule has 2 bridgehead atoms. The number of ether oxygens (including phenoxy) is 2. The predicted molar refractivity (Wildman–Crippen MR) is 125 cm³/mol. The van der Waals surface area contributed by atoms with Gasteiger partial charge in [-0.2, -0.15) is 0 Å². The molecule has 3 aliphatic carbocycles. The van der Waals surface area contributed by atoms with E-state index in [2.05, 4.69) is 26.1 Å². The molecule has 0 radical (unpaired) electrons. The highest BCUT2D eigenvalue weighted by molar-refractivity contribution is 6.47. The first-order chi connectivity index (χ1) is 15.6. The molecule has 1 aromatic rings. The zero-order valence-electron chi connectivity index (χ0n) is 20.6. The fourth-order valence-electron chi connectivity index (χ4n) is 6.20. The Morgan fingerprint density at radius 3 is 2.67 bits per heavy atom. The minimum absolute atomic E-state index is 0.0391. The molecule has 1 aromatic carbocycles. The maximum atomic E-state index is 12.4. The van der Waals surface area contributed by atoms with Crippen molar-refractivity contribution in [1.82, 2.24) is 5.32 Å². The van der Waals surface area contributed by atoms with Gasteiger partial charge in [0.1, 0.15) is 17.1 Å². The number of Topliss-reactive ketones (excluding diaryl/α,β-unsaturated/α-hetero) is 1. The minimum atomic E-state index is -0.495. The van der Waals surface area contributed by atoms with Gasteiger partial charge in [-0.15, -0.1) is 0 Å². The largest absolute Gasteiger partial charge is 0.496 e. The van der Waals surface area contributed by atoms with E-state index in [9.17, 15) is 9.59 Å². The van der Waals surface area contributed by atoms with Crippen LogP contribution in [0.5, 0.6) is 5.75 Å². The van der Waals surface area contributed by atoms with Crippen molar-refractivity contribution in [2.75, 3.05) is 20.3 Å². The number of rotatable bonds is 9. The molecule has 33 heavy (non-hydrogen) atoms. The second-order valence-corrected chi connectivity index (χ2v) is 10.4. The number of nitrogens with one attached hydrogen (secondary N) is 1. The Morgan fingerprint density at radius 1 is 1.27 bits per heavy atom. The molecular weight excluding hydrogens is 421 g/mol. The predicted octanol–water partition coefficient (Wildman–Crippen LogP) is 3.23. The van der Waals surface area contributed by atoms with Gasteiger partial charge in [0.2, 0.25) is 0 Å². The van der Waals surface area contributed by atoms with Gasteiger partial charge < -0.3 is 24.1 Å². The van der Waals surface area contributed by atoms with Gasteiger partial charge in [0.15, 0.2) is 0 Å². The first kappa shape index (κ1) is 24.2. The maximum Gasteiger partial charge on any atom is 0.476 e. The normalized spacial score (nSPS) is 30.2. The number of ketones is 1. The Labute approximate surface area is 197 Å². The molecule has 7 nitrogen and oxygen atoms in total. The summed E-state index contributed by atoms with van der Waals surface area (Å²) in [5, 5.41) is 3.34. The van der Waals surface area contributed by atoms with Crippen LogP contribution in [0.4, 0.5) is 0 Å². The smallest absolute Gasteiger partial charge is 0.476 e. The number of para-hydroxylation sites is 1. The number of methoxy groups -OCH3 is 1. The maximum absolute atomic E-state index is 12.4. The number of benzene rings is 1. The van der Waals surface area contributed by atoms with Gasteiger partial charge in [0.05, 0.1) is 32.0 Å². The quantitative estimate of drug-likeness (QED) is 0.450. The van der Waals surface area contributed by atoms with Crippen LogP contribution >= 0.6 is 0 Å². The van der Waals surface area contributed by atoms with Crippen LogP contribution in [0.1, 0.15) is 63.4 Å². The molecule has 1 saturated heterocycles. The van der Waals surface area contributed by atoms with Gasteiger partial charge >= 0.3 is 13.1 Å². The van der Waals surface area contributed by atoms with Crippen molar-refractivity contribution in [2.45, 2.75) is 71.5 Å². The molecule has 0 spiro atoms. The summed E-state index contributed by atoms with van der Waals surface area (Å²) in [7, 11) is 1.05. The van der Waals surface area contributed by atoms with E-state index < -0.39 is 13.1 Å². The molecular formula is C25H36BNO6. The van der Waals surface area contributed by atoms with Crippen molar-refractivity contribution in [2.24, 2.45) is 17.3 Å². The molecule has 0 amide bonds. The third kappa shape index (κ3) is 4.22. The molecule has 3 saturated carbocycles. The Kier molecular flexibility index (Phi) is 6.64. The summed E-state index contributed by atoms with van der Waals surface area (Å²) in [6.07, 6.45) is 2.71. The van der Waals surface area contributed by atoms with Crippen molar-refractivity contribution in [3.63, 3.8) is 0 Å². The zero-order chi connectivity index (χ0) is 24.0. The fourth-order valence-corrected chi connectivity index (χ4v) is 6.20. The first-order valence-corrected chi connectivity index (χ1v) is 12.0. The Balaban J connectivity index is 1.59. The van der Waals surface area contributed by atoms with E-state index in [-0.39, 0.29) is 42.0 Å². The summed E-state index contributed by atoms with van der Waals surface area (Å²) < 4.78 is 24.0. The average molecular weight is 457 g/mol. The number of carbonyl (C=O) groups is 2. The number of hydrogen-bond donors (Lipinski definition) is 1. The van der Waals surface area contributed by atoms with Crippen molar-refractivity contribution in [3.8, 4) is 5.75 Å². The molecule has 0 aromatic heterocycles. The Morgan fingerprint density at radius 2 is 2.03 bits per heavy atom. The van der Waals surface area contributed by atoms with E-state index in [1.54, 1.807) is 27.0 Å². The van der Waals surface area contributed by atoms with Gasteiger partial charge in [-0.3, -0.25) is 4.79 Å². The molecule has 1 heterocycles. The average Bonchev–Trinajstić information content (AvgIpc) is 3.13. The van der Waals surface area contributed by atoms with Crippen LogP contribution in [0, 0.1) is 17.3 Å². The van der Waals surface area contributed by atoms with Crippen LogP contribution in [0.25, 0.3) is 0 Å². The lowest BCUT2D eigenvalue weighted by Gasteiger charge is -2.64. The van der Waals surface area contributed by atoms with Gasteiger partial charge in [-0.25, -0.2) is 4.79 Å². The molecule has 1 N–H and O–H groups in total. The lowest BCUT2D eigenvalue weighted by atomic mass is 9.43. The molecule has 5 rings (SSSR count). The highest BCUT2D eigenvalue weighted by Crippen LogP contribution is 2.65. The van der Waals surface area contributed by atoms with Gasteiger partial charge in [-0.05, 0) is 68.9 Å². The van der Waals surface area contributed by atoms with Crippen molar-refractivity contribution >= 4 is 18.9 Å². The summed E-state index contributed by atoms with van der Waals surface area (Å²) in [6.45, 7) is 10.7. The number of hydrogen-bond acceptors (Lipinski definition) is 7. The lowest BCUT2D eigenvalue weighted by molar-refractivity contribution is -0.199. The standard InChI is InChI=1S/C25H36BNO6/c1-7-31-23(29)18-10-8-9-16(22(18)30-6)11-21(27-14-15(2)28)26-32-20-13-17-12-19(24(17,3)4)25(20,5)33-26/h8-10,17,19-21,27H,7,11-14H2,1-6H3. The summed E-state index contributed by atoms with van der Waals surface area (Å²) in [5.41, 5.74) is 1.14. The second-order valence-electron chi connectivity index (χ2n) is 10.4. The van der Waals surface area contributed by atoms with Crippen LogP contribution < -0.4 is 10.1 Å². The fraction of sp³-hybridized carbons (Fsp3) is 0.680. The highest BCUT2D eigenvalue weighted by atomic mass is 16.7. The molecule has 180 valence electrons. The second kappa shape index (κ2) is 9.04. The monoisotopic (exact) mass is 457 g/mol. The summed E-state index contributed by atoms with van der Waals surface area (Å²) in [4.78, 5) is 24.2. The van der Waals surface area contributed by atoms with E-state index in [1.807, 2.05) is 12.1 Å². The van der Waals surface area contributed by atoms with Crippen molar-refractivity contribution < 1.29 is 28.4 Å². The zero-order valence-corrected chi connectivity index (χ0v) is 20.6.